The van der Waals surface area contributed by atoms with Crippen molar-refractivity contribution < 1.29 is 5.11 Å². The lowest BCUT2D eigenvalue weighted by molar-refractivity contribution is 0.0467. The van der Waals surface area contributed by atoms with Crippen molar-refractivity contribution in [1.29, 1.82) is 0 Å². The van der Waals surface area contributed by atoms with E-state index in [0.29, 0.717) is 6.42 Å². The van der Waals surface area contributed by atoms with Gasteiger partial charge in [0, 0.05) is 25.0 Å². The van der Waals surface area contributed by atoms with E-state index in [4.69, 9.17) is 5.73 Å². The average Bonchev–Trinajstić information content (AvgIpc) is 2.98. The zero-order valence-corrected chi connectivity index (χ0v) is 11.5. The maximum atomic E-state index is 10.1. The first-order valence-corrected chi connectivity index (χ1v) is 6.90. The lowest BCUT2D eigenvalue weighted by Gasteiger charge is -2.26. The van der Waals surface area contributed by atoms with Gasteiger partial charge in [0.2, 0.25) is 0 Å². The topological polar surface area (TPSA) is 64.1 Å². The number of rotatable bonds is 5. The third-order valence-electron chi connectivity index (χ3n) is 3.06. The Morgan fingerprint density at radius 3 is 3.00 bits per heavy atom. The van der Waals surface area contributed by atoms with Crippen molar-refractivity contribution in [2.24, 2.45) is 5.73 Å². The fraction of sp³-hybridized carbons (Fsp3) is 0.462. The number of nitrogens with zero attached hydrogens (tertiary/aromatic N) is 2. The molecular weight excluding hydrogens is 246 g/mol. The molecule has 0 spiro atoms. The van der Waals surface area contributed by atoms with Crippen molar-refractivity contribution in [3.05, 3.63) is 29.9 Å². The molecule has 0 fully saturated rings. The van der Waals surface area contributed by atoms with Crippen LogP contribution in [0.4, 0.5) is 0 Å². The van der Waals surface area contributed by atoms with Crippen LogP contribution < -0.4 is 5.73 Å². The summed E-state index contributed by atoms with van der Waals surface area (Å²) < 4.78 is 2.09. The van der Waals surface area contributed by atoms with Gasteiger partial charge in [0.25, 0.3) is 0 Å². The molecule has 2 atom stereocenters. The van der Waals surface area contributed by atoms with Crippen LogP contribution in [0.1, 0.15) is 26.3 Å². The Morgan fingerprint density at radius 1 is 1.61 bits per heavy atom. The van der Waals surface area contributed by atoms with Gasteiger partial charge in [-0.2, -0.15) is 0 Å². The summed E-state index contributed by atoms with van der Waals surface area (Å²) in [5.74, 6) is 0.949. The second-order valence-corrected chi connectivity index (χ2v) is 5.84. The molecule has 2 rings (SSSR count). The minimum atomic E-state index is -0.837. The molecule has 98 valence electrons. The zero-order chi connectivity index (χ0) is 13.2. The van der Waals surface area contributed by atoms with Gasteiger partial charge >= 0.3 is 0 Å². The zero-order valence-electron chi connectivity index (χ0n) is 10.7. The summed E-state index contributed by atoms with van der Waals surface area (Å²) in [6.07, 6.45) is 4.35. The summed E-state index contributed by atoms with van der Waals surface area (Å²) in [5.41, 5.74) is 4.73. The molecule has 2 heterocycles. The second-order valence-electron chi connectivity index (χ2n) is 4.89. The van der Waals surface area contributed by atoms with E-state index in [-0.39, 0.29) is 12.6 Å². The van der Waals surface area contributed by atoms with Gasteiger partial charge < -0.3 is 15.4 Å². The first kappa shape index (κ1) is 13.3. The maximum Gasteiger partial charge on any atom is 0.150 e. The predicted molar refractivity (Wildman–Crippen MR) is 74.5 cm³/mol. The van der Waals surface area contributed by atoms with Crippen LogP contribution in [0.25, 0.3) is 10.7 Å². The minimum absolute atomic E-state index is 0.156. The Bertz CT molecular complexity index is 490. The molecule has 2 aromatic rings. The molecule has 0 aliphatic carbocycles. The molecule has 18 heavy (non-hydrogen) atoms. The third-order valence-corrected chi connectivity index (χ3v) is 3.93. The summed E-state index contributed by atoms with van der Waals surface area (Å²) >= 11 is 1.67. The van der Waals surface area contributed by atoms with Gasteiger partial charge in [-0.1, -0.05) is 6.07 Å². The van der Waals surface area contributed by atoms with E-state index in [1.807, 2.05) is 17.6 Å². The van der Waals surface area contributed by atoms with Gasteiger partial charge in [-0.05, 0) is 31.7 Å². The van der Waals surface area contributed by atoms with Crippen molar-refractivity contribution in [2.75, 3.05) is 6.54 Å². The van der Waals surface area contributed by atoms with Gasteiger partial charge in [-0.25, -0.2) is 4.98 Å². The van der Waals surface area contributed by atoms with Crippen molar-refractivity contribution >= 4 is 11.3 Å². The number of nitrogens with two attached hydrogens (primary N) is 1. The van der Waals surface area contributed by atoms with Gasteiger partial charge in [-0.15, -0.1) is 11.3 Å². The number of aromatic nitrogens is 2. The Balaban J connectivity index is 2.22. The fourth-order valence-electron chi connectivity index (χ4n) is 2.08. The Kier molecular flexibility index (Phi) is 3.85. The van der Waals surface area contributed by atoms with Gasteiger partial charge in [0.15, 0.2) is 0 Å². The smallest absolute Gasteiger partial charge is 0.150 e. The molecule has 2 unspecified atom stereocenters. The molecule has 5 heteroatoms. The van der Waals surface area contributed by atoms with Gasteiger partial charge in [-0.3, -0.25) is 0 Å². The van der Waals surface area contributed by atoms with Crippen LogP contribution in [0, 0.1) is 0 Å². The van der Waals surface area contributed by atoms with Gasteiger partial charge in [0.1, 0.15) is 5.82 Å². The van der Waals surface area contributed by atoms with E-state index in [1.165, 1.54) is 0 Å². The molecule has 4 nitrogen and oxygen atoms in total. The molecule has 0 aliphatic heterocycles. The lowest BCUT2D eigenvalue weighted by atomic mass is 9.98. The van der Waals surface area contributed by atoms with Crippen LogP contribution in [-0.2, 0) is 0 Å². The fourth-order valence-corrected chi connectivity index (χ4v) is 2.81. The van der Waals surface area contributed by atoms with Crippen molar-refractivity contribution in [3.63, 3.8) is 0 Å². The van der Waals surface area contributed by atoms with Crippen molar-refractivity contribution in [1.82, 2.24) is 9.55 Å². The van der Waals surface area contributed by atoms with Crippen LogP contribution >= 0.6 is 11.3 Å². The maximum absolute atomic E-state index is 10.1. The van der Waals surface area contributed by atoms with Crippen LogP contribution in [0.2, 0.25) is 0 Å². The molecule has 0 saturated carbocycles. The van der Waals surface area contributed by atoms with E-state index in [2.05, 4.69) is 22.5 Å². The molecule has 2 aromatic heterocycles. The van der Waals surface area contributed by atoms with E-state index in [9.17, 15) is 5.11 Å². The van der Waals surface area contributed by atoms with E-state index in [0.717, 1.165) is 10.7 Å². The highest BCUT2D eigenvalue weighted by atomic mass is 32.1. The molecule has 3 N–H and O–H groups in total. The van der Waals surface area contributed by atoms with E-state index >= 15 is 0 Å². The van der Waals surface area contributed by atoms with Crippen molar-refractivity contribution in [2.45, 2.75) is 31.9 Å². The highest BCUT2D eigenvalue weighted by Crippen LogP contribution is 2.28. The van der Waals surface area contributed by atoms with Crippen LogP contribution in [0.15, 0.2) is 29.9 Å². The number of hydrogen-bond acceptors (Lipinski definition) is 4. The number of hydrogen-bond donors (Lipinski definition) is 2. The SMILES string of the molecule is CC(CC(C)(O)CN)n1ccnc1-c1cccs1. The Hall–Kier alpha value is -1.17. The molecule has 0 aromatic carbocycles. The lowest BCUT2D eigenvalue weighted by Crippen LogP contribution is -2.36. The third kappa shape index (κ3) is 2.80. The largest absolute Gasteiger partial charge is 0.389 e. The van der Waals surface area contributed by atoms with Crippen LogP contribution in [-0.4, -0.2) is 26.8 Å². The normalized spacial score (nSPS) is 16.4. The summed E-state index contributed by atoms with van der Waals surface area (Å²) in [5, 5.41) is 12.1. The summed E-state index contributed by atoms with van der Waals surface area (Å²) in [4.78, 5) is 5.53. The monoisotopic (exact) mass is 265 g/mol. The first-order chi connectivity index (χ1) is 8.53. The molecule has 0 aliphatic rings. The summed E-state index contributed by atoms with van der Waals surface area (Å²) in [6.45, 7) is 4.11. The van der Waals surface area contributed by atoms with Crippen LogP contribution in [0.5, 0.6) is 0 Å². The minimum Gasteiger partial charge on any atom is -0.389 e. The number of thiophene rings is 1. The first-order valence-electron chi connectivity index (χ1n) is 6.02. The quantitative estimate of drug-likeness (QED) is 0.871. The second kappa shape index (κ2) is 5.22. The molecule has 0 amide bonds. The summed E-state index contributed by atoms with van der Waals surface area (Å²) in [7, 11) is 0. The summed E-state index contributed by atoms with van der Waals surface area (Å²) in [6, 6.07) is 4.22. The molecule has 0 radical (unpaired) electrons. The standard InChI is InChI=1S/C13H19N3OS/c1-10(8-13(2,17)9-14)16-6-5-15-12(16)11-4-3-7-18-11/h3-7,10,17H,8-9,14H2,1-2H3. The van der Waals surface area contributed by atoms with Crippen LogP contribution in [0.3, 0.4) is 0 Å². The Morgan fingerprint density at radius 2 is 2.39 bits per heavy atom. The number of aliphatic hydroxyl groups is 1. The van der Waals surface area contributed by atoms with E-state index < -0.39 is 5.60 Å². The highest BCUT2D eigenvalue weighted by Gasteiger charge is 2.23. The molecular formula is C13H19N3OS. The average molecular weight is 265 g/mol. The number of imidazole rings is 1. The molecule has 0 saturated heterocycles. The predicted octanol–water partition coefficient (Wildman–Crippen LogP) is 2.27. The Labute approximate surface area is 111 Å². The van der Waals surface area contributed by atoms with Crippen molar-refractivity contribution in [3.8, 4) is 10.7 Å². The highest BCUT2D eigenvalue weighted by molar-refractivity contribution is 7.13. The van der Waals surface area contributed by atoms with Gasteiger partial charge in [0.05, 0.1) is 10.5 Å². The molecule has 0 bridgehead atoms. The van der Waals surface area contributed by atoms with E-state index in [1.54, 1.807) is 24.5 Å².